The molecule has 3 nitrogen and oxygen atoms in total. The van der Waals surface area contributed by atoms with Gasteiger partial charge in [0.15, 0.2) is 0 Å². The highest BCUT2D eigenvalue weighted by Gasteiger charge is 2.06. The van der Waals surface area contributed by atoms with Gasteiger partial charge in [0.1, 0.15) is 11.5 Å². The van der Waals surface area contributed by atoms with Crippen molar-refractivity contribution >= 4 is 11.8 Å². The molecule has 0 aromatic heterocycles. The van der Waals surface area contributed by atoms with Crippen LogP contribution in [0.2, 0.25) is 0 Å². The van der Waals surface area contributed by atoms with E-state index in [9.17, 15) is 0 Å². The van der Waals surface area contributed by atoms with Crippen LogP contribution in [0.4, 0.5) is 0 Å². The third-order valence-electron chi connectivity index (χ3n) is 2.68. The third kappa shape index (κ3) is 8.01. The van der Waals surface area contributed by atoms with E-state index < -0.39 is 0 Å². The van der Waals surface area contributed by atoms with E-state index in [1.807, 2.05) is 12.3 Å². The van der Waals surface area contributed by atoms with Gasteiger partial charge >= 0.3 is 0 Å². The molecule has 4 heteroatoms. The molecule has 0 saturated carbocycles. The second-order valence-electron chi connectivity index (χ2n) is 4.21. The molecule has 0 radical (unpaired) electrons. The number of allylic oxidation sites excluding steroid dienone is 2. The molecule has 1 unspecified atom stereocenters. The number of unbranched alkanes of at least 4 members (excludes halogenated alkanes) is 1. The van der Waals surface area contributed by atoms with E-state index in [0.717, 1.165) is 29.9 Å². The number of hydrogen-bond acceptors (Lipinski definition) is 4. The van der Waals surface area contributed by atoms with Crippen LogP contribution in [0, 0.1) is 0 Å². The zero-order chi connectivity index (χ0) is 14.7. The average molecular weight is 285 g/mol. The SMILES string of the molecule is C=C(OC)/C(=C\C(=C\CCCN)OC(C)CC)SC. The lowest BCUT2D eigenvalue weighted by atomic mass is 10.2. The van der Waals surface area contributed by atoms with Gasteiger partial charge in [0.2, 0.25) is 0 Å². The van der Waals surface area contributed by atoms with Crippen molar-refractivity contribution in [2.45, 2.75) is 39.2 Å². The van der Waals surface area contributed by atoms with Crippen molar-refractivity contribution in [3.63, 3.8) is 0 Å². The Labute approximate surface area is 121 Å². The lowest BCUT2D eigenvalue weighted by Gasteiger charge is -2.15. The van der Waals surface area contributed by atoms with Gasteiger partial charge in [-0.1, -0.05) is 13.5 Å². The smallest absolute Gasteiger partial charge is 0.125 e. The van der Waals surface area contributed by atoms with Crippen LogP contribution in [-0.2, 0) is 9.47 Å². The highest BCUT2D eigenvalue weighted by Crippen LogP contribution is 2.23. The van der Waals surface area contributed by atoms with Gasteiger partial charge in [-0.25, -0.2) is 0 Å². The Kier molecular flexibility index (Phi) is 10.5. The summed E-state index contributed by atoms with van der Waals surface area (Å²) in [5, 5.41) is 0. The van der Waals surface area contributed by atoms with Gasteiger partial charge in [0.25, 0.3) is 0 Å². The van der Waals surface area contributed by atoms with Crippen LogP contribution < -0.4 is 5.73 Å². The van der Waals surface area contributed by atoms with E-state index in [2.05, 4.69) is 26.5 Å². The third-order valence-corrected chi connectivity index (χ3v) is 3.47. The molecule has 110 valence electrons. The summed E-state index contributed by atoms with van der Waals surface area (Å²) in [6.45, 7) is 8.74. The molecule has 0 rings (SSSR count). The maximum atomic E-state index is 5.91. The molecule has 0 bridgehead atoms. The first-order chi connectivity index (χ1) is 9.08. The standard InChI is InChI=1S/C15H27NO2S/c1-6-12(2)18-14(9-7-8-10-16)11-15(19-5)13(3)17-4/h9,11-12H,3,6-8,10,16H2,1-2,4-5H3/b14-9-,15-11+. The van der Waals surface area contributed by atoms with Crippen LogP contribution in [-0.4, -0.2) is 26.0 Å². The summed E-state index contributed by atoms with van der Waals surface area (Å²) in [6.07, 6.45) is 9.11. The van der Waals surface area contributed by atoms with Gasteiger partial charge in [-0.2, -0.15) is 0 Å². The van der Waals surface area contributed by atoms with E-state index in [1.165, 1.54) is 0 Å². The molecule has 0 saturated heterocycles. The first-order valence-corrected chi connectivity index (χ1v) is 7.87. The summed E-state index contributed by atoms with van der Waals surface area (Å²) < 4.78 is 11.1. The second-order valence-corrected chi connectivity index (χ2v) is 5.06. The molecule has 0 aromatic carbocycles. The van der Waals surface area contributed by atoms with E-state index in [-0.39, 0.29) is 6.10 Å². The molecule has 19 heavy (non-hydrogen) atoms. The minimum absolute atomic E-state index is 0.194. The normalized spacial score (nSPS) is 14.2. The average Bonchev–Trinajstić information content (AvgIpc) is 2.43. The zero-order valence-electron chi connectivity index (χ0n) is 12.6. The molecule has 0 fully saturated rings. The molecule has 2 N–H and O–H groups in total. The fourth-order valence-electron chi connectivity index (χ4n) is 1.30. The topological polar surface area (TPSA) is 44.5 Å². The van der Waals surface area contributed by atoms with Gasteiger partial charge in [0, 0.05) is 0 Å². The van der Waals surface area contributed by atoms with Crippen molar-refractivity contribution < 1.29 is 9.47 Å². The molecule has 0 amide bonds. The van der Waals surface area contributed by atoms with Crippen molar-refractivity contribution in [3.05, 3.63) is 35.2 Å². The Bertz CT molecular complexity index is 324. The van der Waals surface area contributed by atoms with E-state index >= 15 is 0 Å². The number of thioether (sulfide) groups is 1. The number of methoxy groups -OCH3 is 1. The predicted molar refractivity (Wildman–Crippen MR) is 85.0 cm³/mol. The molecular formula is C15H27NO2S. The summed E-state index contributed by atoms with van der Waals surface area (Å²) in [4.78, 5) is 0.977. The highest BCUT2D eigenvalue weighted by molar-refractivity contribution is 8.02. The summed E-state index contributed by atoms with van der Waals surface area (Å²) in [7, 11) is 1.62. The number of hydrogen-bond donors (Lipinski definition) is 1. The number of ether oxygens (including phenoxy) is 2. The molecule has 0 aliphatic carbocycles. The van der Waals surface area contributed by atoms with Crippen LogP contribution in [0.5, 0.6) is 0 Å². The molecule has 0 spiro atoms. The highest BCUT2D eigenvalue weighted by atomic mass is 32.2. The van der Waals surface area contributed by atoms with Crippen LogP contribution >= 0.6 is 11.8 Å². The van der Waals surface area contributed by atoms with Gasteiger partial charge in [-0.3, -0.25) is 0 Å². The first-order valence-electron chi connectivity index (χ1n) is 6.64. The van der Waals surface area contributed by atoms with E-state index in [0.29, 0.717) is 12.3 Å². The van der Waals surface area contributed by atoms with Gasteiger partial charge in [-0.15, -0.1) is 11.8 Å². The van der Waals surface area contributed by atoms with Crippen molar-refractivity contribution in [1.82, 2.24) is 0 Å². The fraction of sp³-hybridized carbons (Fsp3) is 0.600. The molecule has 0 heterocycles. The summed E-state index contributed by atoms with van der Waals surface area (Å²) in [5.74, 6) is 1.52. The van der Waals surface area contributed by atoms with Crippen molar-refractivity contribution in [1.29, 1.82) is 0 Å². The van der Waals surface area contributed by atoms with Crippen molar-refractivity contribution in [3.8, 4) is 0 Å². The first kappa shape index (κ1) is 18.1. The van der Waals surface area contributed by atoms with E-state index in [4.69, 9.17) is 15.2 Å². The molecule has 0 aliphatic rings. The largest absolute Gasteiger partial charge is 0.496 e. The zero-order valence-corrected chi connectivity index (χ0v) is 13.4. The van der Waals surface area contributed by atoms with Crippen LogP contribution in [0.1, 0.15) is 33.1 Å². The summed E-state index contributed by atoms with van der Waals surface area (Å²) in [5.41, 5.74) is 5.52. The number of nitrogens with two attached hydrogens (primary N) is 1. The fourth-order valence-corrected chi connectivity index (χ4v) is 1.85. The van der Waals surface area contributed by atoms with Gasteiger partial charge < -0.3 is 15.2 Å². The lowest BCUT2D eigenvalue weighted by molar-refractivity contribution is 0.137. The van der Waals surface area contributed by atoms with Crippen LogP contribution in [0.3, 0.4) is 0 Å². The van der Waals surface area contributed by atoms with Gasteiger partial charge in [-0.05, 0) is 51.1 Å². The molecule has 0 aliphatic heterocycles. The lowest BCUT2D eigenvalue weighted by Crippen LogP contribution is -2.06. The maximum absolute atomic E-state index is 5.91. The minimum Gasteiger partial charge on any atom is -0.496 e. The Morgan fingerprint density at radius 2 is 2.16 bits per heavy atom. The Morgan fingerprint density at radius 3 is 2.63 bits per heavy atom. The minimum atomic E-state index is 0.194. The summed E-state index contributed by atoms with van der Waals surface area (Å²) >= 11 is 1.60. The molecule has 1 atom stereocenters. The van der Waals surface area contributed by atoms with Crippen LogP contribution in [0.25, 0.3) is 0 Å². The van der Waals surface area contributed by atoms with Crippen molar-refractivity contribution in [2.24, 2.45) is 5.73 Å². The molecular weight excluding hydrogens is 258 g/mol. The van der Waals surface area contributed by atoms with Crippen molar-refractivity contribution in [2.75, 3.05) is 19.9 Å². The Hall–Kier alpha value is -0.870. The molecule has 0 aromatic rings. The monoisotopic (exact) mass is 285 g/mol. The number of rotatable bonds is 10. The maximum Gasteiger partial charge on any atom is 0.125 e. The predicted octanol–water partition coefficient (Wildman–Crippen LogP) is 3.83. The summed E-state index contributed by atoms with van der Waals surface area (Å²) in [6, 6.07) is 0. The Balaban J connectivity index is 4.94. The Morgan fingerprint density at radius 1 is 1.47 bits per heavy atom. The second kappa shape index (κ2) is 11.0. The van der Waals surface area contributed by atoms with Gasteiger partial charge in [0.05, 0.1) is 18.1 Å². The quantitative estimate of drug-likeness (QED) is 0.376. The van der Waals surface area contributed by atoms with Crippen LogP contribution in [0.15, 0.2) is 35.2 Å². The van der Waals surface area contributed by atoms with E-state index in [1.54, 1.807) is 18.9 Å².